The highest BCUT2D eigenvalue weighted by atomic mass is 16.5. The molecule has 11 heavy (non-hydrogen) atoms. The van der Waals surface area contributed by atoms with Gasteiger partial charge in [0.05, 0.1) is 19.3 Å². The standard InChI is InChI=1S/C5H9N3O3/c6-8-7-1-4-5(10)3(9)2-11-4/h3-5,9-10H,1-2H2/t3-,4+,5+/m0/s1. The molecule has 1 saturated heterocycles. The van der Waals surface area contributed by atoms with E-state index in [1.54, 1.807) is 0 Å². The van der Waals surface area contributed by atoms with Crippen molar-refractivity contribution in [2.24, 2.45) is 5.11 Å². The second-order valence-corrected chi connectivity index (χ2v) is 2.34. The van der Waals surface area contributed by atoms with Crippen LogP contribution in [-0.4, -0.2) is 41.7 Å². The van der Waals surface area contributed by atoms with E-state index in [0.717, 1.165) is 0 Å². The Balaban J connectivity index is 2.41. The lowest BCUT2D eigenvalue weighted by molar-refractivity contribution is 0.0276. The molecule has 1 aliphatic rings. The molecule has 0 spiro atoms. The maximum absolute atomic E-state index is 9.13. The first-order valence-electron chi connectivity index (χ1n) is 3.24. The number of azide groups is 1. The quantitative estimate of drug-likeness (QED) is 0.320. The van der Waals surface area contributed by atoms with Crippen molar-refractivity contribution in [3.63, 3.8) is 0 Å². The molecule has 1 fully saturated rings. The van der Waals surface area contributed by atoms with Crippen LogP contribution in [0.2, 0.25) is 0 Å². The van der Waals surface area contributed by atoms with Crippen LogP contribution in [-0.2, 0) is 4.74 Å². The smallest absolute Gasteiger partial charge is 0.108 e. The molecule has 1 heterocycles. The summed E-state index contributed by atoms with van der Waals surface area (Å²) in [4.78, 5) is 2.51. The number of hydrogen-bond acceptors (Lipinski definition) is 4. The molecule has 0 aromatic carbocycles. The van der Waals surface area contributed by atoms with Gasteiger partial charge < -0.3 is 14.9 Å². The SMILES string of the molecule is [N-]=[N+]=NC[C@H]1OC[C@H](O)[C@H]1O. The molecule has 0 aromatic heterocycles. The van der Waals surface area contributed by atoms with E-state index >= 15 is 0 Å². The Hall–Kier alpha value is -0.810. The van der Waals surface area contributed by atoms with Crippen molar-refractivity contribution in [1.29, 1.82) is 0 Å². The molecular formula is C5H9N3O3. The monoisotopic (exact) mass is 159 g/mol. The van der Waals surface area contributed by atoms with Gasteiger partial charge in [0.1, 0.15) is 12.2 Å². The molecular weight excluding hydrogens is 150 g/mol. The van der Waals surface area contributed by atoms with Gasteiger partial charge in [0, 0.05) is 4.91 Å². The summed E-state index contributed by atoms with van der Waals surface area (Å²) in [6.07, 6.45) is -2.34. The predicted molar refractivity (Wildman–Crippen MR) is 35.8 cm³/mol. The molecule has 3 atom stereocenters. The molecule has 0 aliphatic carbocycles. The summed E-state index contributed by atoms with van der Waals surface area (Å²) in [5.74, 6) is 0. The number of aliphatic hydroxyl groups excluding tert-OH is 2. The topological polar surface area (TPSA) is 98.5 Å². The minimum absolute atomic E-state index is 0.0642. The lowest BCUT2D eigenvalue weighted by atomic mass is 10.1. The maximum Gasteiger partial charge on any atom is 0.108 e. The fourth-order valence-electron chi connectivity index (χ4n) is 0.945. The van der Waals surface area contributed by atoms with Gasteiger partial charge in [-0.2, -0.15) is 0 Å². The normalized spacial score (nSPS) is 36.7. The second-order valence-electron chi connectivity index (χ2n) is 2.34. The van der Waals surface area contributed by atoms with Crippen LogP contribution in [0.15, 0.2) is 5.11 Å². The molecule has 0 unspecified atom stereocenters. The third kappa shape index (κ3) is 1.81. The zero-order valence-electron chi connectivity index (χ0n) is 5.79. The number of hydrogen-bond donors (Lipinski definition) is 2. The van der Waals surface area contributed by atoms with Gasteiger partial charge in [-0.05, 0) is 5.53 Å². The fourth-order valence-corrected chi connectivity index (χ4v) is 0.945. The zero-order chi connectivity index (χ0) is 8.27. The number of ether oxygens (including phenoxy) is 1. The van der Waals surface area contributed by atoms with Gasteiger partial charge in [0.25, 0.3) is 0 Å². The molecule has 0 bridgehead atoms. The molecule has 62 valence electrons. The highest BCUT2D eigenvalue weighted by Crippen LogP contribution is 2.14. The molecule has 6 nitrogen and oxygen atoms in total. The molecule has 0 saturated carbocycles. The Morgan fingerprint density at radius 3 is 2.82 bits per heavy atom. The molecule has 1 aliphatic heterocycles. The van der Waals surface area contributed by atoms with Gasteiger partial charge in [-0.25, -0.2) is 0 Å². The van der Waals surface area contributed by atoms with Gasteiger partial charge in [-0.1, -0.05) is 5.11 Å². The summed E-state index contributed by atoms with van der Waals surface area (Å²) in [6.45, 7) is 0.168. The molecule has 0 amide bonds. The first kappa shape index (κ1) is 8.29. The summed E-state index contributed by atoms with van der Waals surface area (Å²) in [6, 6.07) is 0. The van der Waals surface area contributed by atoms with Crippen molar-refractivity contribution in [2.75, 3.05) is 13.2 Å². The van der Waals surface area contributed by atoms with Gasteiger partial charge in [-0.15, -0.1) is 0 Å². The van der Waals surface area contributed by atoms with Crippen molar-refractivity contribution in [3.05, 3.63) is 10.4 Å². The summed E-state index contributed by atoms with van der Waals surface area (Å²) >= 11 is 0. The van der Waals surface area contributed by atoms with Crippen LogP contribution < -0.4 is 0 Å². The lowest BCUT2D eigenvalue weighted by Crippen LogP contribution is -2.31. The molecule has 1 rings (SSSR count). The summed E-state index contributed by atoms with van der Waals surface area (Å²) in [5.41, 5.74) is 7.94. The number of nitrogens with zero attached hydrogens (tertiary/aromatic N) is 3. The van der Waals surface area contributed by atoms with E-state index < -0.39 is 18.3 Å². The Bertz CT molecular complexity index is 180. The van der Waals surface area contributed by atoms with Crippen LogP contribution in [0, 0.1) is 0 Å². The minimum atomic E-state index is -0.930. The van der Waals surface area contributed by atoms with Crippen LogP contribution >= 0.6 is 0 Å². The van der Waals surface area contributed by atoms with Crippen molar-refractivity contribution in [3.8, 4) is 0 Å². The van der Waals surface area contributed by atoms with E-state index in [9.17, 15) is 0 Å². The van der Waals surface area contributed by atoms with Gasteiger partial charge >= 0.3 is 0 Å². The van der Waals surface area contributed by atoms with Crippen LogP contribution in [0.4, 0.5) is 0 Å². The van der Waals surface area contributed by atoms with Crippen LogP contribution in [0.1, 0.15) is 0 Å². The van der Waals surface area contributed by atoms with E-state index in [2.05, 4.69) is 10.0 Å². The van der Waals surface area contributed by atoms with E-state index in [1.807, 2.05) is 0 Å². The largest absolute Gasteiger partial charge is 0.388 e. The molecule has 6 heteroatoms. The molecule has 0 aromatic rings. The number of rotatable bonds is 2. The highest BCUT2D eigenvalue weighted by Gasteiger charge is 2.33. The Morgan fingerprint density at radius 1 is 1.64 bits per heavy atom. The Kier molecular flexibility index (Phi) is 2.67. The summed E-state index contributed by atoms with van der Waals surface area (Å²) in [7, 11) is 0. The highest BCUT2D eigenvalue weighted by molar-refractivity contribution is 4.84. The average Bonchev–Trinajstić information content (AvgIpc) is 2.31. The lowest BCUT2D eigenvalue weighted by Gasteiger charge is -2.10. The van der Waals surface area contributed by atoms with E-state index in [-0.39, 0.29) is 13.2 Å². The minimum Gasteiger partial charge on any atom is -0.388 e. The predicted octanol–water partition coefficient (Wildman–Crippen LogP) is -0.583. The van der Waals surface area contributed by atoms with Crippen molar-refractivity contribution >= 4 is 0 Å². The van der Waals surface area contributed by atoms with Crippen molar-refractivity contribution < 1.29 is 14.9 Å². The van der Waals surface area contributed by atoms with Gasteiger partial charge in [0.15, 0.2) is 0 Å². The third-order valence-corrected chi connectivity index (χ3v) is 1.58. The van der Waals surface area contributed by atoms with Gasteiger partial charge in [-0.3, -0.25) is 0 Å². The first-order valence-corrected chi connectivity index (χ1v) is 3.24. The zero-order valence-corrected chi connectivity index (χ0v) is 5.79. The summed E-state index contributed by atoms with van der Waals surface area (Å²) in [5, 5.41) is 21.3. The average molecular weight is 159 g/mol. The number of aliphatic hydroxyl groups is 2. The second kappa shape index (κ2) is 3.54. The Labute approximate surface area is 63.0 Å². The summed E-state index contributed by atoms with van der Waals surface area (Å²) < 4.78 is 4.91. The Morgan fingerprint density at radius 2 is 2.36 bits per heavy atom. The van der Waals surface area contributed by atoms with E-state index in [1.165, 1.54) is 0 Å². The molecule has 2 N–H and O–H groups in total. The van der Waals surface area contributed by atoms with E-state index in [4.69, 9.17) is 20.5 Å². The third-order valence-electron chi connectivity index (χ3n) is 1.58. The van der Waals surface area contributed by atoms with Crippen molar-refractivity contribution in [2.45, 2.75) is 18.3 Å². The van der Waals surface area contributed by atoms with E-state index in [0.29, 0.717) is 0 Å². The maximum atomic E-state index is 9.13. The van der Waals surface area contributed by atoms with Gasteiger partial charge in [0.2, 0.25) is 0 Å². The molecule has 0 radical (unpaired) electrons. The fraction of sp³-hybridized carbons (Fsp3) is 1.00. The van der Waals surface area contributed by atoms with Crippen molar-refractivity contribution in [1.82, 2.24) is 0 Å². The van der Waals surface area contributed by atoms with Crippen LogP contribution in [0.5, 0.6) is 0 Å². The van der Waals surface area contributed by atoms with Crippen LogP contribution in [0.25, 0.3) is 10.4 Å². The van der Waals surface area contributed by atoms with Crippen LogP contribution in [0.3, 0.4) is 0 Å². The first-order chi connectivity index (χ1) is 5.25.